The molecule has 7 heteroatoms. The summed E-state index contributed by atoms with van der Waals surface area (Å²) in [6, 6.07) is 23.7. The van der Waals surface area contributed by atoms with Crippen LogP contribution in [0.4, 0.5) is 5.13 Å². The second kappa shape index (κ2) is 8.72. The van der Waals surface area contributed by atoms with E-state index < -0.39 is 0 Å². The van der Waals surface area contributed by atoms with Crippen LogP contribution >= 0.6 is 11.3 Å². The SMILES string of the molecule is Cc1c(C(=O)N(CCc2ccccc2)c2nc3ccccc3s2)cnn1-c1ccccn1. The molecule has 3 aromatic heterocycles. The lowest BCUT2D eigenvalue weighted by Gasteiger charge is -2.20. The van der Waals surface area contributed by atoms with Crippen molar-refractivity contribution in [2.45, 2.75) is 13.3 Å². The Bertz CT molecular complexity index is 1330. The molecule has 32 heavy (non-hydrogen) atoms. The first-order valence-electron chi connectivity index (χ1n) is 10.4. The Labute approximate surface area is 189 Å². The molecule has 0 saturated carbocycles. The molecule has 5 aromatic rings. The molecule has 0 fully saturated rings. The molecule has 0 aliphatic carbocycles. The Morgan fingerprint density at radius 2 is 1.78 bits per heavy atom. The molecule has 5 rings (SSSR count). The van der Waals surface area contributed by atoms with Gasteiger partial charge in [-0.25, -0.2) is 14.6 Å². The van der Waals surface area contributed by atoms with Crippen molar-refractivity contribution in [2.24, 2.45) is 0 Å². The van der Waals surface area contributed by atoms with Crippen LogP contribution in [0.15, 0.2) is 85.2 Å². The van der Waals surface area contributed by atoms with Crippen molar-refractivity contribution >= 4 is 32.6 Å². The van der Waals surface area contributed by atoms with Crippen LogP contribution in [0.3, 0.4) is 0 Å². The smallest absolute Gasteiger partial charge is 0.263 e. The maximum Gasteiger partial charge on any atom is 0.263 e. The van der Waals surface area contributed by atoms with Crippen molar-refractivity contribution < 1.29 is 4.79 Å². The summed E-state index contributed by atoms with van der Waals surface area (Å²) in [5.41, 5.74) is 3.36. The number of amides is 1. The third-order valence-corrected chi connectivity index (χ3v) is 6.39. The Balaban J connectivity index is 1.51. The maximum absolute atomic E-state index is 13.7. The van der Waals surface area contributed by atoms with Gasteiger partial charge >= 0.3 is 0 Å². The maximum atomic E-state index is 13.7. The highest BCUT2D eigenvalue weighted by molar-refractivity contribution is 7.22. The predicted octanol–water partition coefficient (Wildman–Crippen LogP) is 5.07. The average Bonchev–Trinajstić information content (AvgIpc) is 3.44. The van der Waals surface area contributed by atoms with Crippen LogP contribution in [-0.2, 0) is 6.42 Å². The number of thiazole rings is 1. The fourth-order valence-electron chi connectivity index (χ4n) is 3.62. The normalized spacial score (nSPS) is 11.0. The molecular formula is C25H21N5OS. The lowest BCUT2D eigenvalue weighted by molar-refractivity contribution is 0.0986. The Morgan fingerprint density at radius 3 is 2.56 bits per heavy atom. The summed E-state index contributed by atoms with van der Waals surface area (Å²) < 4.78 is 2.75. The molecule has 158 valence electrons. The number of aromatic nitrogens is 4. The predicted molar refractivity (Wildman–Crippen MR) is 128 cm³/mol. The van der Waals surface area contributed by atoms with E-state index in [1.54, 1.807) is 22.0 Å². The monoisotopic (exact) mass is 439 g/mol. The second-order valence-electron chi connectivity index (χ2n) is 7.40. The highest BCUT2D eigenvalue weighted by Gasteiger charge is 2.25. The van der Waals surface area contributed by atoms with Crippen LogP contribution in [-0.4, -0.2) is 32.2 Å². The number of hydrogen-bond acceptors (Lipinski definition) is 5. The summed E-state index contributed by atoms with van der Waals surface area (Å²) >= 11 is 1.53. The minimum Gasteiger partial charge on any atom is -0.284 e. The Hall–Kier alpha value is -3.84. The van der Waals surface area contributed by atoms with E-state index in [0.29, 0.717) is 23.1 Å². The number of anilines is 1. The van der Waals surface area contributed by atoms with Crippen LogP contribution in [0, 0.1) is 6.92 Å². The van der Waals surface area contributed by atoms with Gasteiger partial charge in [0.2, 0.25) is 0 Å². The van der Waals surface area contributed by atoms with Crippen LogP contribution in [0.2, 0.25) is 0 Å². The van der Waals surface area contributed by atoms with Crippen LogP contribution in [0.5, 0.6) is 0 Å². The molecule has 0 atom stereocenters. The average molecular weight is 440 g/mol. The van der Waals surface area contributed by atoms with E-state index in [4.69, 9.17) is 4.98 Å². The minimum absolute atomic E-state index is 0.111. The number of carbonyl (C=O) groups is 1. The number of rotatable bonds is 6. The van der Waals surface area contributed by atoms with E-state index in [1.807, 2.05) is 67.6 Å². The van der Waals surface area contributed by atoms with Gasteiger partial charge in [0.05, 0.1) is 27.7 Å². The second-order valence-corrected chi connectivity index (χ2v) is 8.41. The van der Waals surface area contributed by atoms with Gasteiger partial charge in [-0.1, -0.05) is 59.9 Å². The molecule has 0 aliphatic heterocycles. The lowest BCUT2D eigenvalue weighted by Crippen LogP contribution is -2.33. The molecule has 3 heterocycles. The molecule has 0 spiro atoms. The van der Waals surface area contributed by atoms with E-state index in [1.165, 1.54) is 16.9 Å². The fourth-order valence-corrected chi connectivity index (χ4v) is 4.61. The van der Waals surface area contributed by atoms with E-state index in [2.05, 4.69) is 22.2 Å². The third-order valence-electron chi connectivity index (χ3n) is 5.33. The molecule has 0 radical (unpaired) electrons. The first kappa shape index (κ1) is 20.1. The van der Waals surface area contributed by atoms with Crippen LogP contribution in [0.25, 0.3) is 16.0 Å². The number of para-hydroxylation sites is 1. The molecular weight excluding hydrogens is 418 g/mol. The van der Waals surface area contributed by atoms with Crippen LogP contribution in [0.1, 0.15) is 21.6 Å². The van der Waals surface area contributed by atoms with E-state index in [0.717, 1.165) is 22.3 Å². The summed E-state index contributed by atoms with van der Waals surface area (Å²) in [5, 5.41) is 5.13. The molecule has 0 N–H and O–H groups in total. The highest BCUT2D eigenvalue weighted by atomic mass is 32.1. The van der Waals surface area contributed by atoms with Crippen LogP contribution < -0.4 is 4.90 Å². The number of carbonyl (C=O) groups excluding carboxylic acids is 1. The van der Waals surface area contributed by atoms with E-state index in [-0.39, 0.29) is 5.91 Å². The van der Waals surface area contributed by atoms with Crippen molar-refractivity contribution in [2.75, 3.05) is 11.4 Å². The van der Waals surface area contributed by atoms with Gasteiger partial charge in [0.1, 0.15) is 0 Å². The van der Waals surface area contributed by atoms with Crippen molar-refractivity contribution in [3.05, 3.63) is 102 Å². The molecule has 0 saturated heterocycles. The topological polar surface area (TPSA) is 63.9 Å². The molecule has 0 unspecified atom stereocenters. The lowest BCUT2D eigenvalue weighted by atomic mass is 10.1. The van der Waals surface area contributed by atoms with Crippen molar-refractivity contribution in [1.29, 1.82) is 0 Å². The van der Waals surface area contributed by atoms with Crippen molar-refractivity contribution in [3.8, 4) is 5.82 Å². The van der Waals surface area contributed by atoms with Crippen molar-refractivity contribution in [1.82, 2.24) is 19.7 Å². The van der Waals surface area contributed by atoms with Gasteiger partial charge in [-0.2, -0.15) is 5.10 Å². The minimum atomic E-state index is -0.111. The standard InChI is InChI=1S/C25H21N5OS/c1-18-20(17-27-30(18)23-13-7-8-15-26-23)24(31)29(16-14-19-9-3-2-4-10-19)25-28-21-11-5-6-12-22(21)32-25/h2-13,15,17H,14,16H2,1H3. The number of fused-ring (bicyclic) bond motifs is 1. The first-order chi connectivity index (χ1) is 15.7. The van der Waals surface area contributed by atoms with Gasteiger partial charge in [-0.3, -0.25) is 9.69 Å². The first-order valence-corrected chi connectivity index (χ1v) is 11.2. The summed E-state index contributed by atoms with van der Waals surface area (Å²) in [6.45, 7) is 2.42. The summed E-state index contributed by atoms with van der Waals surface area (Å²) in [6.07, 6.45) is 4.07. The van der Waals surface area contributed by atoms with Gasteiger partial charge in [-0.05, 0) is 43.2 Å². The third kappa shape index (κ3) is 3.90. The Morgan fingerprint density at radius 1 is 1.00 bits per heavy atom. The zero-order valence-corrected chi connectivity index (χ0v) is 18.4. The van der Waals surface area contributed by atoms with Gasteiger partial charge < -0.3 is 0 Å². The van der Waals surface area contributed by atoms with E-state index in [9.17, 15) is 4.79 Å². The number of pyridine rings is 1. The van der Waals surface area contributed by atoms with Gasteiger partial charge in [0.25, 0.3) is 5.91 Å². The zero-order chi connectivity index (χ0) is 21.9. The Kier molecular flexibility index (Phi) is 5.47. The number of nitrogens with zero attached hydrogens (tertiary/aromatic N) is 5. The van der Waals surface area contributed by atoms with Gasteiger partial charge in [-0.15, -0.1) is 0 Å². The molecule has 0 bridgehead atoms. The highest BCUT2D eigenvalue weighted by Crippen LogP contribution is 2.30. The zero-order valence-electron chi connectivity index (χ0n) is 17.5. The van der Waals surface area contributed by atoms with Gasteiger partial charge in [0.15, 0.2) is 10.9 Å². The summed E-state index contributed by atoms with van der Waals surface area (Å²) in [7, 11) is 0. The number of benzene rings is 2. The number of hydrogen-bond donors (Lipinski definition) is 0. The molecule has 6 nitrogen and oxygen atoms in total. The molecule has 1 amide bonds. The summed E-state index contributed by atoms with van der Waals surface area (Å²) in [4.78, 5) is 24.6. The fraction of sp³-hybridized carbons (Fsp3) is 0.120. The van der Waals surface area contributed by atoms with Gasteiger partial charge in [0, 0.05) is 12.7 Å². The molecule has 2 aromatic carbocycles. The van der Waals surface area contributed by atoms with E-state index >= 15 is 0 Å². The quantitative estimate of drug-likeness (QED) is 0.370. The van der Waals surface area contributed by atoms with Crippen molar-refractivity contribution in [3.63, 3.8) is 0 Å². The molecule has 0 aliphatic rings. The summed E-state index contributed by atoms with van der Waals surface area (Å²) in [5.74, 6) is 0.569. The largest absolute Gasteiger partial charge is 0.284 e.